The smallest absolute Gasteiger partial charge is 0.330 e. The Hall–Kier alpha value is -0.870. The first kappa shape index (κ1) is 14.2. The molecule has 0 aromatic heterocycles. The van der Waals surface area contributed by atoms with Crippen LogP contribution >= 0.6 is 0 Å². The highest BCUT2D eigenvalue weighted by molar-refractivity contribution is 5.81. The monoisotopic (exact) mass is 242 g/mol. The van der Waals surface area contributed by atoms with E-state index in [1.54, 1.807) is 0 Å². The summed E-state index contributed by atoms with van der Waals surface area (Å²) in [6, 6.07) is 0. The van der Waals surface area contributed by atoms with Crippen LogP contribution in [0.3, 0.4) is 0 Å². The molecule has 0 aromatic carbocycles. The molecular formula is C13H22O4. The van der Waals surface area contributed by atoms with Gasteiger partial charge in [-0.1, -0.05) is 26.8 Å². The lowest BCUT2D eigenvalue weighted by Crippen LogP contribution is -2.35. The SMILES string of the molecule is C=CC(=O)OC(CCC)C1COC(C)(CC)O1. The summed E-state index contributed by atoms with van der Waals surface area (Å²) in [4.78, 5) is 11.2. The molecule has 1 heterocycles. The van der Waals surface area contributed by atoms with E-state index in [1.807, 2.05) is 20.8 Å². The van der Waals surface area contributed by atoms with E-state index in [2.05, 4.69) is 6.58 Å². The molecule has 1 fully saturated rings. The molecule has 4 nitrogen and oxygen atoms in total. The molecule has 1 aliphatic heterocycles. The van der Waals surface area contributed by atoms with Crippen LogP contribution in [0.15, 0.2) is 12.7 Å². The lowest BCUT2D eigenvalue weighted by atomic mass is 10.1. The Morgan fingerprint density at radius 2 is 2.35 bits per heavy atom. The van der Waals surface area contributed by atoms with Gasteiger partial charge in [-0.2, -0.15) is 0 Å². The molecule has 1 rings (SSSR count). The quantitative estimate of drug-likeness (QED) is 0.530. The highest BCUT2D eigenvalue weighted by Gasteiger charge is 2.40. The van der Waals surface area contributed by atoms with Crippen LogP contribution in [-0.2, 0) is 19.0 Å². The van der Waals surface area contributed by atoms with Crippen molar-refractivity contribution in [3.8, 4) is 0 Å². The van der Waals surface area contributed by atoms with Crippen LogP contribution < -0.4 is 0 Å². The fourth-order valence-electron chi connectivity index (χ4n) is 1.82. The lowest BCUT2D eigenvalue weighted by molar-refractivity contribution is -0.176. The van der Waals surface area contributed by atoms with Crippen LogP contribution in [0.25, 0.3) is 0 Å². The van der Waals surface area contributed by atoms with Crippen molar-refractivity contribution in [2.75, 3.05) is 6.61 Å². The average Bonchev–Trinajstić information content (AvgIpc) is 2.72. The Labute approximate surface area is 103 Å². The van der Waals surface area contributed by atoms with Gasteiger partial charge in [-0.3, -0.25) is 0 Å². The molecule has 0 saturated carbocycles. The molecule has 0 radical (unpaired) electrons. The third kappa shape index (κ3) is 3.82. The van der Waals surface area contributed by atoms with Gasteiger partial charge in [-0.05, 0) is 19.8 Å². The van der Waals surface area contributed by atoms with Gasteiger partial charge in [0.15, 0.2) is 5.79 Å². The second kappa shape index (κ2) is 6.17. The van der Waals surface area contributed by atoms with E-state index < -0.39 is 11.8 Å². The second-order valence-corrected chi connectivity index (χ2v) is 4.42. The number of esters is 1. The van der Waals surface area contributed by atoms with Crippen LogP contribution in [0.1, 0.15) is 40.0 Å². The van der Waals surface area contributed by atoms with Gasteiger partial charge < -0.3 is 14.2 Å². The maximum absolute atomic E-state index is 11.2. The molecule has 0 aromatic rings. The fourth-order valence-corrected chi connectivity index (χ4v) is 1.82. The van der Waals surface area contributed by atoms with Crippen LogP contribution in [0, 0.1) is 0 Å². The summed E-state index contributed by atoms with van der Waals surface area (Å²) < 4.78 is 16.7. The largest absolute Gasteiger partial charge is 0.456 e. The molecule has 3 unspecified atom stereocenters. The zero-order valence-corrected chi connectivity index (χ0v) is 10.9. The summed E-state index contributed by atoms with van der Waals surface area (Å²) in [5, 5.41) is 0. The van der Waals surface area contributed by atoms with E-state index in [0.717, 1.165) is 19.3 Å². The zero-order chi connectivity index (χ0) is 12.9. The number of ether oxygens (including phenoxy) is 3. The van der Waals surface area contributed by atoms with E-state index in [1.165, 1.54) is 6.08 Å². The molecule has 0 aliphatic carbocycles. The Morgan fingerprint density at radius 3 is 2.82 bits per heavy atom. The summed E-state index contributed by atoms with van der Waals surface area (Å²) in [5.41, 5.74) is 0. The van der Waals surface area contributed by atoms with Gasteiger partial charge in [0.1, 0.15) is 12.2 Å². The summed E-state index contributed by atoms with van der Waals surface area (Å²) in [7, 11) is 0. The van der Waals surface area contributed by atoms with Crippen LogP contribution in [0.2, 0.25) is 0 Å². The Bertz CT molecular complexity index is 277. The first-order valence-electron chi connectivity index (χ1n) is 6.19. The molecule has 98 valence electrons. The topological polar surface area (TPSA) is 44.8 Å². The van der Waals surface area contributed by atoms with E-state index in [0.29, 0.717) is 6.61 Å². The minimum absolute atomic E-state index is 0.177. The van der Waals surface area contributed by atoms with Gasteiger partial charge >= 0.3 is 5.97 Å². The molecule has 0 N–H and O–H groups in total. The third-order valence-corrected chi connectivity index (χ3v) is 3.02. The van der Waals surface area contributed by atoms with Crippen molar-refractivity contribution in [2.45, 2.75) is 58.0 Å². The molecule has 0 spiro atoms. The normalized spacial score (nSPS) is 29.9. The number of rotatable bonds is 6. The number of carbonyl (C=O) groups is 1. The summed E-state index contributed by atoms with van der Waals surface area (Å²) in [6.45, 7) is 9.83. The van der Waals surface area contributed by atoms with Crippen molar-refractivity contribution in [3.05, 3.63) is 12.7 Å². The van der Waals surface area contributed by atoms with Gasteiger partial charge in [0.05, 0.1) is 6.61 Å². The van der Waals surface area contributed by atoms with Gasteiger partial charge in [0.2, 0.25) is 0 Å². The van der Waals surface area contributed by atoms with Gasteiger partial charge in [0, 0.05) is 6.08 Å². The Morgan fingerprint density at radius 1 is 1.65 bits per heavy atom. The predicted octanol–water partition coefficient (Wildman–Crippen LogP) is 2.43. The maximum Gasteiger partial charge on any atom is 0.330 e. The van der Waals surface area contributed by atoms with Crippen LogP contribution in [0.5, 0.6) is 0 Å². The molecule has 17 heavy (non-hydrogen) atoms. The predicted molar refractivity (Wildman–Crippen MR) is 64.5 cm³/mol. The maximum atomic E-state index is 11.2. The number of hydrogen-bond donors (Lipinski definition) is 0. The van der Waals surface area contributed by atoms with E-state index in [-0.39, 0.29) is 12.2 Å². The van der Waals surface area contributed by atoms with E-state index in [9.17, 15) is 4.79 Å². The van der Waals surface area contributed by atoms with Crippen molar-refractivity contribution in [1.82, 2.24) is 0 Å². The van der Waals surface area contributed by atoms with Crippen molar-refractivity contribution in [1.29, 1.82) is 0 Å². The Balaban J connectivity index is 2.59. The summed E-state index contributed by atoms with van der Waals surface area (Å²) >= 11 is 0. The van der Waals surface area contributed by atoms with E-state index in [4.69, 9.17) is 14.2 Å². The van der Waals surface area contributed by atoms with Crippen molar-refractivity contribution in [3.63, 3.8) is 0 Å². The van der Waals surface area contributed by atoms with Crippen LogP contribution in [-0.4, -0.2) is 30.6 Å². The molecule has 1 aliphatic rings. The number of hydrogen-bond acceptors (Lipinski definition) is 4. The lowest BCUT2D eigenvalue weighted by Gasteiger charge is -2.25. The van der Waals surface area contributed by atoms with E-state index >= 15 is 0 Å². The first-order valence-corrected chi connectivity index (χ1v) is 6.19. The first-order chi connectivity index (χ1) is 8.04. The molecule has 3 atom stereocenters. The van der Waals surface area contributed by atoms with Gasteiger partial charge in [-0.25, -0.2) is 4.79 Å². The van der Waals surface area contributed by atoms with Gasteiger partial charge in [-0.15, -0.1) is 0 Å². The second-order valence-electron chi connectivity index (χ2n) is 4.42. The molecule has 0 bridgehead atoms. The molecule has 4 heteroatoms. The molecule has 1 saturated heterocycles. The van der Waals surface area contributed by atoms with Crippen molar-refractivity contribution < 1.29 is 19.0 Å². The summed E-state index contributed by atoms with van der Waals surface area (Å²) in [5.74, 6) is -0.950. The standard InChI is InChI=1S/C13H22O4/c1-5-8-10(16-12(14)6-2)11-9-15-13(4,7-3)17-11/h6,10-11H,2,5,7-9H2,1,3-4H3. The highest BCUT2D eigenvalue weighted by atomic mass is 16.8. The van der Waals surface area contributed by atoms with Gasteiger partial charge in [0.25, 0.3) is 0 Å². The zero-order valence-electron chi connectivity index (χ0n) is 10.9. The third-order valence-electron chi connectivity index (χ3n) is 3.02. The average molecular weight is 242 g/mol. The molecular weight excluding hydrogens is 220 g/mol. The van der Waals surface area contributed by atoms with Crippen LogP contribution in [0.4, 0.5) is 0 Å². The minimum Gasteiger partial charge on any atom is -0.456 e. The van der Waals surface area contributed by atoms with Crippen molar-refractivity contribution in [2.24, 2.45) is 0 Å². The number of carbonyl (C=O) groups excluding carboxylic acids is 1. The molecule has 0 amide bonds. The van der Waals surface area contributed by atoms with Crippen molar-refractivity contribution >= 4 is 5.97 Å². The Kier molecular flexibility index (Phi) is 5.15. The fraction of sp³-hybridized carbons (Fsp3) is 0.769. The summed E-state index contributed by atoms with van der Waals surface area (Å²) in [6.07, 6.45) is 3.23. The minimum atomic E-state index is -0.544. The highest BCUT2D eigenvalue weighted by Crippen LogP contribution is 2.29.